The Balaban J connectivity index is 2.48. The van der Waals surface area contributed by atoms with E-state index in [1.807, 2.05) is 6.07 Å². The first-order valence-corrected chi connectivity index (χ1v) is 6.93. The van der Waals surface area contributed by atoms with E-state index in [1.54, 1.807) is 6.07 Å². The quantitative estimate of drug-likeness (QED) is 0.582. The van der Waals surface area contributed by atoms with E-state index in [-0.39, 0.29) is 5.70 Å². The summed E-state index contributed by atoms with van der Waals surface area (Å²) in [4.78, 5) is 9.98. The van der Waals surface area contributed by atoms with Crippen LogP contribution in [-0.4, -0.2) is 15.1 Å². The summed E-state index contributed by atoms with van der Waals surface area (Å²) in [5, 5.41) is 21.3. The molecular formula is C14H22N4O2. The van der Waals surface area contributed by atoms with Crippen LogP contribution in [0.5, 0.6) is 0 Å². The maximum Gasteiger partial charge on any atom is 0.259 e. The normalized spacial score (nSPS) is 13.1. The van der Waals surface area contributed by atoms with Crippen LogP contribution in [0.1, 0.15) is 45.7 Å². The molecule has 1 unspecified atom stereocenters. The molecule has 0 aliphatic rings. The lowest BCUT2D eigenvalue weighted by atomic mass is 9.99. The molecule has 6 heteroatoms. The summed E-state index contributed by atoms with van der Waals surface area (Å²) in [6, 6.07) is 3.69. The van der Waals surface area contributed by atoms with Gasteiger partial charge in [0, 0.05) is 6.92 Å². The lowest BCUT2D eigenvalue weighted by molar-refractivity contribution is -0.424. The predicted molar refractivity (Wildman–Crippen MR) is 78.8 cm³/mol. The molecule has 0 bridgehead atoms. The molecule has 0 aliphatic carbocycles. The molecule has 0 radical (unpaired) electrons. The van der Waals surface area contributed by atoms with Crippen molar-refractivity contribution in [3.05, 3.63) is 39.8 Å². The fraction of sp³-hybridized carbons (Fsp3) is 0.571. The van der Waals surface area contributed by atoms with Crippen molar-refractivity contribution < 1.29 is 4.92 Å². The highest BCUT2D eigenvalue weighted by molar-refractivity contribution is 5.36. The second-order valence-corrected chi connectivity index (χ2v) is 5.03. The smallest absolute Gasteiger partial charge is 0.259 e. The molecule has 0 aliphatic heterocycles. The molecular weight excluding hydrogens is 256 g/mol. The number of nitrogens with one attached hydrogen (secondary N) is 1. The second kappa shape index (κ2) is 8.24. The highest BCUT2D eigenvalue weighted by Crippen LogP contribution is 2.13. The van der Waals surface area contributed by atoms with Gasteiger partial charge in [0.15, 0.2) is 5.82 Å². The minimum Gasteiger partial charge on any atom is -0.339 e. The van der Waals surface area contributed by atoms with Crippen molar-refractivity contribution in [2.24, 2.45) is 5.92 Å². The van der Waals surface area contributed by atoms with Gasteiger partial charge in [-0.15, -0.1) is 5.10 Å². The number of nitro groups is 1. The van der Waals surface area contributed by atoms with Crippen LogP contribution >= 0.6 is 0 Å². The van der Waals surface area contributed by atoms with Crippen LogP contribution in [0.4, 0.5) is 5.82 Å². The maximum atomic E-state index is 10.4. The third-order valence-corrected chi connectivity index (χ3v) is 3.11. The molecule has 0 aromatic carbocycles. The minimum absolute atomic E-state index is 0.0317. The molecule has 0 amide bonds. The Hall–Kier alpha value is -1.98. The van der Waals surface area contributed by atoms with E-state index in [0.29, 0.717) is 11.7 Å². The van der Waals surface area contributed by atoms with E-state index < -0.39 is 4.92 Å². The summed E-state index contributed by atoms with van der Waals surface area (Å²) >= 11 is 0. The molecule has 6 nitrogen and oxygen atoms in total. The molecule has 0 fully saturated rings. The molecule has 0 spiro atoms. The number of aryl methyl sites for hydroxylation is 1. The summed E-state index contributed by atoms with van der Waals surface area (Å²) in [7, 11) is 0. The van der Waals surface area contributed by atoms with E-state index in [0.717, 1.165) is 18.5 Å². The standard InChI is InChI=1S/C14H22N4O2/c1-4-5-11(2)6-7-13-8-9-14(17-16-13)15-10-12(3)18(19)20/h8-11H,4-7H2,1-3H3,(H,15,17)/b12-10+. The lowest BCUT2D eigenvalue weighted by Crippen LogP contribution is -2.02. The molecule has 1 rings (SSSR count). The fourth-order valence-electron chi connectivity index (χ4n) is 1.83. The van der Waals surface area contributed by atoms with Crippen LogP contribution in [0.3, 0.4) is 0 Å². The number of hydrogen-bond donors (Lipinski definition) is 1. The van der Waals surface area contributed by atoms with Gasteiger partial charge in [0.25, 0.3) is 5.70 Å². The van der Waals surface area contributed by atoms with Crippen LogP contribution in [0.15, 0.2) is 24.0 Å². The number of anilines is 1. The predicted octanol–water partition coefficient (Wildman–Crippen LogP) is 3.40. The average molecular weight is 278 g/mol. The minimum atomic E-state index is -0.454. The summed E-state index contributed by atoms with van der Waals surface area (Å²) in [5.74, 6) is 1.21. The number of rotatable bonds is 8. The van der Waals surface area contributed by atoms with Crippen molar-refractivity contribution in [2.75, 3.05) is 5.32 Å². The molecule has 1 N–H and O–H groups in total. The lowest BCUT2D eigenvalue weighted by Gasteiger charge is -2.08. The van der Waals surface area contributed by atoms with Crippen molar-refractivity contribution in [3.63, 3.8) is 0 Å². The first-order chi connectivity index (χ1) is 9.52. The van der Waals surface area contributed by atoms with E-state index in [4.69, 9.17) is 0 Å². The van der Waals surface area contributed by atoms with Crippen molar-refractivity contribution in [3.8, 4) is 0 Å². The van der Waals surface area contributed by atoms with Gasteiger partial charge in [-0.1, -0.05) is 26.7 Å². The molecule has 1 heterocycles. The SMILES string of the molecule is CCCC(C)CCc1ccc(N/C=C(\C)[N+](=O)[O-])nn1. The number of aromatic nitrogens is 2. The van der Waals surface area contributed by atoms with Crippen molar-refractivity contribution in [1.29, 1.82) is 0 Å². The van der Waals surface area contributed by atoms with Crippen LogP contribution in [0.25, 0.3) is 0 Å². The van der Waals surface area contributed by atoms with Crippen LogP contribution in [0.2, 0.25) is 0 Å². The van der Waals surface area contributed by atoms with Crippen LogP contribution in [0, 0.1) is 16.0 Å². The third kappa shape index (κ3) is 5.77. The fourth-order valence-corrected chi connectivity index (χ4v) is 1.83. The van der Waals surface area contributed by atoms with Crippen molar-refractivity contribution >= 4 is 5.82 Å². The Kier molecular flexibility index (Phi) is 6.63. The first kappa shape index (κ1) is 16.1. The molecule has 20 heavy (non-hydrogen) atoms. The van der Waals surface area contributed by atoms with Gasteiger partial charge in [0.05, 0.1) is 16.8 Å². The number of allylic oxidation sites excluding steroid dienone is 1. The molecule has 1 aromatic heterocycles. The van der Waals surface area contributed by atoms with Gasteiger partial charge in [-0.2, -0.15) is 5.10 Å². The van der Waals surface area contributed by atoms with Gasteiger partial charge in [-0.25, -0.2) is 0 Å². The zero-order valence-corrected chi connectivity index (χ0v) is 12.3. The Labute approximate surface area is 119 Å². The number of nitrogens with zero attached hydrogens (tertiary/aromatic N) is 3. The first-order valence-electron chi connectivity index (χ1n) is 6.93. The summed E-state index contributed by atoms with van der Waals surface area (Å²) in [5.41, 5.74) is 0.984. The Morgan fingerprint density at radius 3 is 2.75 bits per heavy atom. The molecule has 1 aromatic rings. The zero-order valence-electron chi connectivity index (χ0n) is 12.3. The van der Waals surface area contributed by atoms with Gasteiger partial charge < -0.3 is 5.32 Å². The van der Waals surface area contributed by atoms with E-state index >= 15 is 0 Å². The topological polar surface area (TPSA) is 81.0 Å². The van der Waals surface area contributed by atoms with Crippen molar-refractivity contribution in [2.45, 2.75) is 46.5 Å². The summed E-state index contributed by atoms with van der Waals surface area (Å²) in [6.45, 7) is 5.86. The molecule has 110 valence electrons. The average Bonchev–Trinajstić information content (AvgIpc) is 2.43. The van der Waals surface area contributed by atoms with Gasteiger partial charge in [-0.05, 0) is 30.9 Å². The highest BCUT2D eigenvalue weighted by Gasteiger charge is 2.04. The van der Waals surface area contributed by atoms with Gasteiger partial charge in [-0.3, -0.25) is 10.1 Å². The van der Waals surface area contributed by atoms with Crippen molar-refractivity contribution in [1.82, 2.24) is 10.2 Å². The molecule has 0 saturated heterocycles. The largest absolute Gasteiger partial charge is 0.339 e. The van der Waals surface area contributed by atoms with E-state index in [2.05, 4.69) is 29.4 Å². The summed E-state index contributed by atoms with van der Waals surface area (Å²) < 4.78 is 0. The maximum absolute atomic E-state index is 10.4. The van der Waals surface area contributed by atoms with Gasteiger partial charge in [0.2, 0.25) is 0 Å². The van der Waals surface area contributed by atoms with Crippen LogP contribution < -0.4 is 5.32 Å². The highest BCUT2D eigenvalue weighted by atomic mass is 16.6. The molecule has 0 saturated carbocycles. The van der Waals surface area contributed by atoms with E-state index in [1.165, 1.54) is 26.0 Å². The Morgan fingerprint density at radius 2 is 2.20 bits per heavy atom. The number of hydrogen-bond acceptors (Lipinski definition) is 5. The second-order valence-electron chi connectivity index (χ2n) is 5.03. The zero-order chi connectivity index (χ0) is 15.0. The van der Waals surface area contributed by atoms with Gasteiger partial charge >= 0.3 is 0 Å². The van der Waals surface area contributed by atoms with Gasteiger partial charge in [0.1, 0.15) is 0 Å². The summed E-state index contributed by atoms with van der Waals surface area (Å²) in [6.07, 6.45) is 5.77. The molecule has 1 atom stereocenters. The monoisotopic (exact) mass is 278 g/mol. The van der Waals surface area contributed by atoms with Crippen LogP contribution in [-0.2, 0) is 6.42 Å². The van der Waals surface area contributed by atoms with E-state index in [9.17, 15) is 10.1 Å². The Bertz CT molecular complexity index is 457. The third-order valence-electron chi connectivity index (χ3n) is 3.11. The Morgan fingerprint density at radius 1 is 1.45 bits per heavy atom.